The van der Waals surface area contributed by atoms with Gasteiger partial charge in [0.25, 0.3) is 0 Å². The van der Waals surface area contributed by atoms with Gasteiger partial charge in [0.05, 0.1) is 11.0 Å². The summed E-state index contributed by atoms with van der Waals surface area (Å²) in [5, 5.41) is 2.98. The van der Waals surface area contributed by atoms with E-state index in [0.29, 0.717) is 38.2 Å². The second-order valence-electron chi connectivity index (χ2n) is 7.43. The summed E-state index contributed by atoms with van der Waals surface area (Å²) in [6.07, 6.45) is -0.0265. The molecule has 2 heterocycles. The quantitative estimate of drug-likeness (QED) is 0.847. The minimum Gasteiger partial charge on any atom is -0.381 e. The molecule has 0 unspecified atom stereocenters. The minimum atomic E-state index is -4.42. The average Bonchev–Trinajstić information content (AvgIpc) is 2.69. The zero-order chi connectivity index (χ0) is 19.3. The highest BCUT2D eigenvalue weighted by molar-refractivity contribution is 5.88. The topological polar surface area (TPSA) is 41.6 Å². The maximum atomic E-state index is 13.1. The van der Waals surface area contributed by atoms with Crippen LogP contribution in [0.4, 0.5) is 13.2 Å². The number of likely N-dealkylation sites (tertiary alicyclic amines) is 1. The summed E-state index contributed by atoms with van der Waals surface area (Å²) < 4.78 is 44.8. The Kier molecular flexibility index (Phi) is 6.42. The van der Waals surface area contributed by atoms with E-state index in [1.165, 1.54) is 25.3 Å². The second-order valence-corrected chi connectivity index (χ2v) is 7.43. The third kappa shape index (κ3) is 4.82. The summed E-state index contributed by atoms with van der Waals surface area (Å²) >= 11 is 0. The SMILES string of the molecule is O=C(NCCN1CCCCC1)C1(c2cccc(C(F)(F)F)c2)CCOCC1. The third-order valence-electron chi connectivity index (χ3n) is 5.69. The minimum absolute atomic E-state index is 0.192. The predicted molar refractivity (Wildman–Crippen MR) is 96.5 cm³/mol. The van der Waals surface area contributed by atoms with Crippen molar-refractivity contribution in [1.82, 2.24) is 10.2 Å². The number of halogens is 3. The first-order valence-corrected chi connectivity index (χ1v) is 9.68. The number of ether oxygens (including phenoxy) is 1. The van der Waals surface area contributed by atoms with Gasteiger partial charge in [-0.2, -0.15) is 13.2 Å². The Bertz CT molecular complexity index is 636. The lowest BCUT2D eigenvalue weighted by atomic mass is 9.73. The molecule has 0 aromatic heterocycles. The van der Waals surface area contributed by atoms with Crippen molar-refractivity contribution in [1.29, 1.82) is 0 Å². The smallest absolute Gasteiger partial charge is 0.381 e. The van der Waals surface area contributed by atoms with Gasteiger partial charge in [-0.05, 0) is 50.4 Å². The summed E-state index contributed by atoms with van der Waals surface area (Å²) in [4.78, 5) is 15.4. The number of hydrogen-bond donors (Lipinski definition) is 1. The molecular formula is C20H27F3N2O2. The Labute approximate surface area is 158 Å². The van der Waals surface area contributed by atoms with Gasteiger partial charge in [0.15, 0.2) is 0 Å². The molecule has 2 aliphatic rings. The van der Waals surface area contributed by atoms with Gasteiger partial charge in [-0.15, -0.1) is 0 Å². The van der Waals surface area contributed by atoms with E-state index in [1.54, 1.807) is 6.07 Å². The maximum Gasteiger partial charge on any atom is 0.416 e. The Balaban J connectivity index is 1.73. The molecule has 7 heteroatoms. The summed E-state index contributed by atoms with van der Waals surface area (Å²) in [6.45, 7) is 4.12. The molecule has 1 aromatic carbocycles. The van der Waals surface area contributed by atoms with E-state index in [0.717, 1.165) is 31.8 Å². The van der Waals surface area contributed by atoms with Gasteiger partial charge >= 0.3 is 6.18 Å². The van der Waals surface area contributed by atoms with Crippen molar-refractivity contribution in [2.45, 2.75) is 43.7 Å². The van der Waals surface area contributed by atoms with Crippen LogP contribution in [0.5, 0.6) is 0 Å². The molecular weight excluding hydrogens is 357 g/mol. The highest BCUT2D eigenvalue weighted by Gasteiger charge is 2.43. The zero-order valence-electron chi connectivity index (χ0n) is 15.5. The molecule has 1 amide bonds. The van der Waals surface area contributed by atoms with E-state index in [4.69, 9.17) is 4.74 Å². The van der Waals surface area contributed by atoms with Crippen molar-refractivity contribution in [2.75, 3.05) is 39.4 Å². The van der Waals surface area contributed by atoms with E-state index in [9.17, 15) is 18.0 Å². The number of piperidine rings is 1. The number of nitrogens with one attached hydrogen (secondary N) is 1. The fourth-order valence-electron chi connectivity index (χ4n) is 4.04. The number of carbonyl (C=O) groups is 1. The molecule has 0 spiro atoms. The van der Waals surface area contributed by atoms with Crippen molar-refractivity contribution in [2.24, 2.45) is 0 Å². The van der Waals surface area contributed by atoms with Crippen LogP contribution in [0.15, 0.2) is 24.3 Å². The first-order chi connectivity index (χ1) is 12.9. The zero-order valence-corrected chi connectivity index (χ0v) is 15.5. The highest BCUT2D eigenvalue weighted by Crippen LogP contribution is 2.38. The Morgan fingerprint density at radius 3 is 2.52 bits per heavy atom. The number of benzene rings is 1. The number of alkyl halides is 3. The summed E-state index contributed by atoms with van der Waals surface area (Å²) in [6, 6.07) is 5.18. The highest BCUT2D eigenvalue weighted by atomic mass is 19.4. The van der Waals surface area contributed by atoms with Gasteiger partial charge < -0.3 is 15.0 Å². The second kappa shape index (κ2) is 8.61. The Morgan fingerprint density at radius 2 is 1.85 bits per heavy atom. The molecule has 0 bridgehead atoms. The molecule has 1 aromatic rings. The lowest BCUT2D eigenvalue weighted by Crippen LogP contribution is -2.49. The number of nitrogens with zero attached hydrogens (tertiary/aromatic N) is 1. The van der Waals surface area contributed by atoms with Crippen LogP contribution in [0, 0.1) is 0 Å². The first-order valence-electron chi connectivity index (χ1n) is 9.68. The molecule has 0 radical (unpaired) electrons. The fourth-order valence-corrected chi connectivity index (χ4v) is 4.04. The third-order valence-corrected chi connectivity index (χ3v) is 5.69. The van der Waals surface area contributed by atoms with Gasteiger partial charge in [-0.25, -0.2) is 0 Å². The molecule has 0 saturated carbocycles. The van der Waals surface area contributed by atoms with E-state index in [-0.39, 0.29) is 5.91 Å². The van der Waals surface area contributed by atoms with Crippen LogP contribution in [0.25, 0.3) is 0 Å². The lowest BCUT2D eigenvalue weighted by molar-refractivity contribution is -0.138. The summed E-state index contributed by atoms with van der Waals surface area (Å²) in [5.74, 6) is -0.192. The molecule has 2 fully saturated rings. The number of rotatable bonds is 5. The Hall–Kier alpha value is -1.60. The monoisotopic (exact) mass is 384 g/mol. The van der Waals surface area contributed by atoms with E-state index < -0.39 is 17.2 Å². The molecule has 2 saturated heterocycles. The molecule has 4 nitrogen and oxygen atoms in total. The van der Waals surface area contributed by atoms with Crippen LogP contribution in [0.2, 0.25) is 0 Å². The predicted octanol–water partition coefficient (Wildman–Crippen LogP) is 3.36. The van der Waals surface area contributed by atoms with Crippen molar-refractivity contribution in [3.8, 4) is 0 Å². The van der Waals surface area contributed by atoms with E-state index >= 15 is 0 Å². The van der Waals surface area contributed by atoms with Crippen LogP contribution >= 0.6 is 0 Å². The van der Waals surface area contributed by atoms with Gasteiger partial charge in [0.1, 0.15) is 0 Å². The molecule has 150 valence electrons. The van der Waals surface area contributed by atoms with Gasteiger partial charge in [-0.1, -0.05) is 24.6 Å². The Morgan fingerprint density at radius 1 is 1.15 bits per heavy atom. The van der Waals surface area contributed by atoms with Crippen LogP contribution < -0.4 is 5.32 Å². The van der Waals surface area contributed by atoms with Gasteiger partial charge in [0, 0.05) is 26.3 Å². The van der Waals surface area contributed by atoms with Crippen molar-refractivity contribution in [3.05, 3.63) is 35.4 Å². The van der Waals surface area contributed by atoms with Crippen LogP contribution in [0.1, 0.15) is 43.2 Å². The van der Waals surface area contributed by atoms with E-state index in [2.05, 4.69) is 10.2 Å². The van der Waals surface area contributed by atoms with Gasteiger partial charge in [-0.3, -0.25) is 4.79 Å². The fraction of sp³-hybridized carbons (Fsp3) is 0.650. The summed E-state index contributed by atoms with van der Waals surface area (Å²) in [5.41, 5.74) is -1.25. The van der Waals surface area contributed by atoms with Crippen LogP contribution in [-0.2, 0) is 21.1 Å². The van der Waals surface area contributed by atoms with Crippen molar-refractivity contribution < 1.29 is 22.7 Å². The maximum absolute atomic E-state index is 13.1. The van der Waals surface area contributed by atoms with E-state index in [1.807, 2.05) is 0 Å². The first kappa shape index (κ1) is 20.1. The van der Waals surface area contributed by atoms with Crippen LogP contribution in [-0.4, -0.2) is 50.2 Å². The molecule has 2 aliphatic heterocycles. The number of carbonyl (C=O) groups excluding carboxylic acids is 1. The molecule has 3 rings (SSSR count). The molecule has 0 atom stereocenters. The molecule has 27 heavy (non-hydrogen) atoms. The standard InChI is InChI=1S/C20H27F3N2O2/c21-20(22,23)17-6-4-5-16(15-17)19(7-13-27-14-8-19)18(26)24-9-12-25-10-2-1-3-11-25/h4-6,15H,1-3,7-14H2,(H,24,26). The number of amides is 1. The largest absolute Gasteiger partial charge is 0.416 e. The molecule has 0 aliphatic carbocycles. The normalized spacial score (nSPS) is 21.0. The number of hydrogen-bond acceptors (Lipinski definition) is 3. The van der Waals surface area contributed by atoms with Crippen LogP contribution in [0.3, 0.4) is 0 Å². The average molecular weight is 384 g/mol. The summed E-state index contributed by atoms with van der Waals surface area (Å²) in [7, 11) is 0. The van der Waals surface area contributed by atoms with Crippen molar-refractivity contribution in [3.63, 3.8) is 0 Å². The van der Waals surface area contributed by atoms with Gasteiger partial charge in [0.2, 0.25) is 5.91 Å². The molecule has 1 N–H and O–H groups in total. The lowest BCUT2D eigenvalue weighted by Gasteiger charge is -2.37. The van der Waals surface area contributed by atoms with Crippen molar-refractivity contribution >= 4 is 5.91 Å².